The van der Waals surface area contributed by atoms with Crippen molar-refractivity contribution in [3.05, 3.63) is 53.0 Å². The monoisotopic (exact) mass is 359 g/mol. The number of nitrogens with zero attached hydrogens (tertiary/aromatic N) is 1. The van der Waals surface area contributed by atoms with Gasteiger partial charge < -0.3 is 19.2 Å². The third kappa shape index (κ3) is 4.50. The number of ether oxygens (including phenoxy) is 1. The number of carboxylic acid groups (broad SMARTS) is 1. The van der Waals surface area contributed by atoms with E-state index in [1.165, 1.54) is 17.9 Å². The highest BCUT2D eigenvalue weighted by Gasteiger charge is 2.22. The highest BCUT2D eigenvalue weighted by Crippen LogP contribution is 2.18. The minimum Gasteiger partial charge on any atom is -0.481 e. The Kier molecular flexibility index (Phi) is 5.82. The lowest BCUT2D eigenvalue weighted by molar-refractivity contribution is -0.137. The van der Waals surface area contributed by atoms with Gasteiger partial charge >= 0.3 is 5.97 Å². The number of hydrogen-bond acceptors (Lipinski definition) is 5. The van der Waals surface area contributed by atoms with E-state index in [4.69, 9.17) is 14.3 Å². The van der Waals surface area contributed by atoms with Crippen molar-refractivity contribution in [1.82, 2.24) is 4.90 Å². The highest BCUT2D eigenvalue weighted by molar-refractivity contribution is 5.94. The molecule has 138 valence electrons. The minimum atomic E-state index is -1.08. The number of Topliss-reactive ketones (excluding diaryl/α,β-unsaturated/α-hetero) is 1. The molecule has 0 aliphatic carbocycles. The number of furan rings is 1. The first-order valence-corrected chi connectivity index (χ1v) is 8.04. The average molecular weight is 359 g/mol. The summed E-state index contributed by atoms with van der Waals surface area (Å²) in [7, 11) is 1.58. The van der Waals surface area contributed by atoms with Gasteiger partial charge in [-0.15, -0.1) is 0 Å². The fourth-order valence-electron chi connectivity index (χ4n) is 2.50. The van der Waals surface area contributed by atoms with Gasteiger partial charge in [0.1, 0.15) is 22.8 Å². The number of amides is 1. The van der Waals surface area contributed by atoms with E-state index >= 15 is 0 Å². The number of aryl methyl sites for hydroxylation is 1. The van der Waals surface area contributed by atoms with Crippen LogP contribution in [0.15, 0.2) is 34.7 Å². The van der Waals surface area contributed by atoms with E-state index in [0.29, 0.717) is 22.8 Å². The lowest BCUT2D eigenvalue weighted by atomic mass is 10.1. The standard InChI is InChI=1S/C19H21NO6/c1-11(21)14-6-5-7-15(8-14)26-13(3)18(22)20(4)10-16-9-17(19(23)24)12(2)25-16/h5-9,13H,10H2,1-4H3,(H,23,24). The maximum atomic E-state index is 12.5. The molecule has 26 heavy (non-hydrogen) atoms. The van der Waals surface area contributed by atoms with Gasteiger partial charge in [0, 0.05) is 12.6 Å². The van der Waals surface area contributed by atoms with Crippen LogP contribution in [-0.4, -0.2) is 40.8 Å². The van der Waals surface area contributed by atoms with Crippen molar-refractivity contribution >= 4 is 17.7 Å². The molecule has 2 rings (SSSR count). The lowest BCUT2D eigenvalue weighted by Gasteiger charge is -2.21. The van der Waals surface area contributed by atoms with Crippen LogP contribution in [0.25, 0.3) is 0 Å². The maximum absolute atomic E-state index is 12.5. The maximum Gasteiger partial charge on any atom is 0.339 e. The fourth-order valence-corrected chi connectivity index (χ4v) is 2.50. The molecule has 1 unspecified atom stereocenters. The Labute approximate surface area is 151 Å². The molecular formula is C19H21NO6. The van der Waals surface area contributed by atoms with Crippen LogP contribution in [0.3, 0.4) is 0 Å². The Morgan fingerprint density at radius 1 is 1.27 bits per heavy atom. The fraction of sp³-hybridized carbons (Fsp3) is 0.316. The van der Waals surface area contributed by atoms with Gasteiger partial charge in [0.25, 0.3) is 5.91 Å². The molecule has 1 N–H and O–H groups in total. The van der Waals surface area contributed by atoms with E-state index < -0.39 is 12.1 Å². The summed E-state index contributed by atoms with van der Waals surface area (Å²) >= 11 is 0. The summed E-state index contributed by atoms with van der Waals surface area (Å²) in [4.78, 5) is 36.3. The van der Waals surface area contributed by atoms with Gasteiger partial charge in [0.2, 0.25) is 0 Å². The molecule has 1 aromatic carbocycles. The summed E-state index contributed by atoms with van der Waals surface area (Å²) in [6.07, 6.45) is -0.780. The van der Waals surface area contributed by atoms with E-state index in [0.717, 1.165) is 0 Å². The summed E-state index contributed by atoms with van der Waals surface area (Å²) < 4.78 is 11.0. The number of ketones is 1. The zero-order valence-corrected chi connectivity index (χ0v) is 15.1. The minimum absolute atomic E-state index is 0.0752. The van der Waals surface area contributed by atoms with Gasteiger partial charge in [-0.3, -0.25) is 9.59 Å². The van der Waals surface area contributed by atoms with Crippen LogP contribution in [0, 0.1) is 6.92 Å². The first kappa shape index (κ1) is 19.2. The first-order valence-electron chi connectivity index (χ1n) is 8.04. The Bertz CT molecular complexity index is 838. The zero-order chi connectivity index (χ0) is 19.4. The van der Waals surface area contributed by atoms with E-state index in [1.807, 2.05) is 0 Å². The second-order valence-electron chi connectivity index (χ2n) is 6.03. The van der Waals surface area contributed by atoms with Gasteiger partial charge in [-0.1, -0.05) is 12.1 Å². The molecule has 0 radical (unpaired) electrons. The van der Waals surface area contributed by atoms with E-state index in [2.05, 4.69) is 0 Å². The molecule has 1 amide bonds. The Morgan fingerprint density at radius 2 is 1.96 bits per heavy atom. The molecule has 0 fully saturated rings. The van der Waals surface area contributed by atoms with Gasteiger partial charge in [0.15, 0.2) is 11.9 Å². The Balaban J connectivity index is 2.03. The molecule has 0 aliphatic heterocycles. The number of carbonyl (C=O) groups is 3. The number of aromatic carboxylic acids is 1. The number of rotatable bonds is 7. The first-order chi connectivity index (χ1) is 12.2. The Hall–Kier alpha value is -3.09. The molecule has 7 heteroatoms. The van der Waals surface area contributed by atoms with Crippen LogP contribution >= 0.6 is 0 Å². The summed E-state index contributed by atoms with van der Waals surface area (Å²) in [6.45, 7) is 4.74. The highest BCUT2D eigenvalue weighted by atomic mass is 16.5. The van der Waals surface area contributed by atoms with Crippen LogP contribution in [0.2, 0.25) is 0 Å². The van der Waals surface area contributed by atoms with Gasteiger partial charge in [-0.2, -0.15) is 0 Å². The van der Waals surface area contributed by atoms with Crippen molar-refractivity contribution in [3.8, 4) is 5.75 Å². The average Bonchev–Trinajstić information content (AvgIpc) is 2.94. The largest absolute Gasteiger partial charge is 0.481 e. The number of benzene rings is 1. The van der Waals surface area contributed by atoms with Crippen molar-refractivity contribution in [1.29, 1.82) is 0 Å². The number of likely N-dealkylation sites (N-methyl/N-ethyl adjacent to an activating group) is 1. The van der Waals surface area contributed by atoms with Crippen molar-refractivity contribution in [2.45, 2.75) is 33.4 Å². The van der Waals surface area contributed by atoms with Crippen LogP contribution in [0.4, 0.5) is 0 Å². The molecule has 1 heterocycles. The number of hydrogen-bond donors (Lipinski definition) is 1. The van der Waals surface area contributed by atoms with Crippen LogP contribution in [0.5, 0.6) is 5.75 Å². The predicted octanol–water partition coefficient (Wildman–Crippen LogP) is 2.91. The van der Waals surface area contributed by atoms with Crippen molar-refractivity contribution < 1.29 is 28.6 Å². The summed E-state index contributed by atoms with van der Waals surface area (Å²) in [5.74, 6) is -0.374. The normalized spacial score (nSPS) is 11.7. The molecule has 0 spiro atoms. The van der Waals surface area contributed by atoms with Gasteiger partial charge in [-0.25, -0.2) is 4.79 Å². The molecule has 1 atom stereocenters. The molecular weight excluding hydrogens is 338 g/mol. The molecule has 2 aromatic rings. The molecule has 1 aromatic heterocycles. The van der Waals surface area contributed by atoms with Crippen LogP contribution in [0.1, 0.15) is 46.1 Å². The van der Waals surface area contributed by atoms with Crippen molar-refractivity contribution in [3.63, 3.8) is 0 Å². The molecule has 0 saturated heterocycles. The van der Waals surface area contributed by atoms with E-state index in [9.17, 15) is 14.4 Å². The smallest absolute Gasteiger partial charge is 0.339 e. The summed E-state index contributed by atoms with van der Waals surface area (Å²) in [5.41, 5.74) is 0.578. The quantitative estimate of drug-likeness (QED) is 0.764. The lowest BCUT2D eigenvalue weighted by Crippen LogP contribution is -2.37. The molecule has 7 nitrogen and oxygen atoms in total. The van der Waals surface area contributed by atoms with Crippen LogP contribution in [-0.2, 0) is 11.3 Å². The van der Waals surface area contributed by atoms with E-state index in [1.54, 1.807) is 45.2 Å². The number of carboxylic acids is 1. The Morgan fingerprint density at radius 3 is 2.54 bits per heavy atom. The van der Waals surface area contributed by atoms with Crippen molar-refractivity contribution in [2.24, 2.45) is 0 Å². The van der Waals surface area contributed by atoms with Crippen LogP contribution < -0.4 is 4.74 Å². The summed E-state index contributed by atoms with van der Waals surface area (Å²) in [5, 5.41) is 9.05. The predicted molar refractivity (Wildman–Crippen MR) is 93.4 cm³/mol. The topological polar surface area (TPSA) is 97.1 Å². The van der Waals surface area contributed by atoms with Crippen molar-refractivity contribution in [2.75, 3.05) is 7.05 Å². The summed E-state index contributed by atoms with van der Waals surface area (Å²) in [6, 6.07) is 8.02. The molecule has 0 bridgehead atoms. The number of carbonyl (C=O) groups excluding carboxylic acids is 2. The second kappa shape index (κ2) is 7.86. The molecule has 0 aliphatic rings. The van der Waals surface area contributed by atoms with E-state index in [-0.39, 0.29) is 23.8 Å². The van der Waals surface area contributed by atoms with Gasteiger partial charge in [0.05, 0.1) is 6.54 Å². The van der Waals surface area contributed by atoms with Gasteiger partial charge in [-0.05, 0) is 39.0 Å². The second-order valence-corrected chi connectivity index (χ2v) is 6.03. The zero-order valence-electron chi connectivity index (χ0n) is 15.1. The molecule has 0 saturated carbocycles. The third-order valence-electron chi connectivity index (χ3n) is 3.87. The SMILES string of the molecule is CC(=O)c1cccc(OC(C)C(=O)N(C)Cc2cc(C(=O)O)c(C)o2)c1. The third-order valence-corrected chi connectivity index (χ3v) is 3.87.